The number of amides is 1. The zero-order valence-electron chi connectivity index (χ0n) is 11.5. The summed E-state index contributed by atoms with van der Waals surface area (Å²) in [6.45, 7) is 0.799. The molecule has 0 radical (unpaired) electrons. The average Bonchev–Trinajstić information content (AvgIpc) is 2.49. The van der Waals surface area contributed by atoms with Crippen LogP contribution in [0.2, 0.25) is 5.02 Å². The number of halogens is 1. The number of nitrogens with zero attached hydrogens (tertiary/aromatic N) is 1. The van der Waals surface area contributed by atoms with Gasteiger partial charge in [-0.1, -0.05) is 23.7 Å². The van der Waals surface area contributed by atoms with Gasteiger partial charge in [-0.3, -0.25) is 4.79 Å². The summed E-state index contributed by atoms with van der Waals surface area (Å²) >= 11 is 7.64. The Hall–Kier alpha value is -1.30. The molecule has 6 heteroatoms. The molecule has 0 unspecified atom stereocenters. The second-order valence-corrected chi connectivity index (χ2v) is 6.14. The maximum atomic E-state index is 12.0. The van der Waals surface area contributed by atoms with Gasteiger partial charge in [0.2, 0.25) is 0 Å². The van der Waals surface area contributed by atoms with E-state index in [9.17, 15) is 4.79 Å². The maximum Gasteiger partial charge on any atom is 0.269 e. The van der Waals surface area contributed by atoms with Crippen LogP contribution in [0.4, 0.5) is 0 Å². The lowest BCUT2D eigenvalue weighted by Gasteiger charge is -2.06. The van der Waals surface area contributed by atoms with E-state index in [2.05, 4.69) is 10.3 Å². The van der Waals surface area contributed by atoms with Gasteiger partial charge in [0.15, 0.2) is 0 Å². The fourth-order valence-electron chi connectivity index (χ4n) is 1.81. The Labute approximate surface area is 132 Å². The maximum absolute atomic E-state index is 12.0. The first-order chi connectivity index (χ1) is 10.2. The summed E-state index contributed by atoms with van der Waals surface area (Å²) in [5.41, 5.74) is 1.11. The molecule has 0 aliphatic carbocycles. The summed E-state index contributed by atoms with van der Waals surface area (Å²) in [5.74, 6) is 1.55. The van der Waals surface area contributed by atoms with E-state index >= 15 is 0 Å². The first-order valence-electron chi connectivity index (χ1n) is 6.74. The average molecular weight is 325 g/mol. The Balaban J connectivity index is 1.90. The van der Waals surface area contributed by atoms with Crippen LogP contribution in [0.3, 0.4) is 0 Å². The Morgan fingerprint density at radius 2 is 2.10 bits per heavy atom. The molecule has 0 aliphatic rings. The predicted molar refractivity (Wildman–Crippen MR) is 88.1 cm³/mol. The molecule has 2 N–H and O–H groups in total. The summed E-state index contributed by atoms with van der Waals surface area (Å²) in [4.78, 5) is 16.3. The van der Waals surface area contributed by atoms with Crippen molar-refractivity contribution in [3.8, 4) is 0 Å². The van der Waals surface area contributed by atoms with Gasteiger partial charge in [-0.25, -0.2) is 4.98 Å². The third-order valence-corrected chi connectivity index (χ3v) is 4.17. The molecular weight excluding hydrogens is 308 g/mol. The number of hydrogen-bond donors (Lipinski definition) is 2. The van der Waals surface area contributed by atoms with E-state index in [0.29, 0.717) is 22.8 Å². The van der Waals surface area contributed by atoms with Crippen molar-refractivity contribution in [2.45, 2.75) is 6.42 Å². The number of nitrogens with one attached hydrogen (secondary N) is 1. The van der Waals surface area contributed by atoms with Crippen molar-refractivity contribution in [2.24, 2.45) is 0 Å². The molecule has 0 atom stereocenters. The molecule has 1 aromatic heterocycles. The van der Waals surface area contributed by atoms with Crippen molar-refractivity contribution in [3.63, 3.8) is 0 Å². The van der Waals surface area contributed by atoms with Gasteiger partial charge < -0.3 is 10.4 Å². The van der Waals surface area contributed by atoms with E-state index in [0.717, 1.165) is 23.3 Å². The number of thioether (sulfide) groups is 1. The fourth-order valence-corrected chi connectivity index (χ4v) is 2.76. The van der Waals surface area contributed by atoms with Gasteiger partial charge in [0.1, 0.15) is 5.69 Å². The first kappa shape index (κ1) is 16.1. The van der Waals surface area contributed by atoms with Gasteiger partial charge in [-0.15, -0.1) is 0 Å². The van der Waals surface area contributed by atoms with E-state index in [1.165, 1.54) is 0 Å². The molecular formula is C15H17ClN2O2S. The molecule has 0 bridgehead atoms. The van der Waals surface area contributed by atoms with Crippen LogP contribution in [-0.2, 0) is 0 Å². The largest absolute Gasteiger partial charge is 0.396 e. The van der Waals surface area contributed by atoms with Crippen molar-refractivity contribution in [1.29, 1.82) is 0 Å². The fraction of sp³-hybridized carbons (Fsp3) is 0.333. The molecule has 112 valence electrons. The minimum atomic E-state index is -0.181. The van der Waals surface area contributed by atoms with Crippen LogP contribution >= 0.6 is 23.4 Å². The molecule has 2 aromatic rings. The van der Waals surface area contributed by atoms with E-state index < -0.39 is 0 Å². The number of hydrogen-bond acceptors (Lipinski definition) is 4. The molecule has 0 saturated carbocycles. The minimum Gasteiger partial charge on any atom is -0.396 e. The Bertz CT molecular complexity index is 622. The highest BCUT2D eigenvalue weighted by atomic mass is 35.5. The Kier molecular flexibility index (Phi) is 6.29. The number of aromatic nitrogens is 1. The standard InChI is InChI=1S/C15H17ClN2O2S/c16-12-4-2-11-3-5-13(18-14(11)10-12)15(20)17-6-9-21-8-1-7-19/h2-5,10,19H,1,6-9H2,(H,17,20). The third-order valence-electron chi connectivity index (χ3n) is 2.87. The van der Waals surface area contributed by atoms with Crippen LogP contribution in [-0.4, -0.2) is 40.7 Å². The van der Waals surface area contributed by atoms with Gasteiger partial charge in [-0.2, -0.15) is 11.8 Å². The zero-order chi connectivity index (χ0) is 15.1. The molecule has 0 fully saturated rings. The number of aliphatic hydroxyl groups excluding tert-OH is 1. The van der Waals surface area contributed by atoms with E-state index in [-0.39, 0.29) is 12.5 Å². The van der Waals surface area contributed by atoms with Crippen molar-refractivity contribution >= 4 is 40.2 Å². The molecule has 1 aromatic carbocycles. The highest BCUT2D eigenvalue weighted by Gasteiger charge is 2.07. The van der Waals surface area contributed by atoms with Crippen LogP contribution in [0.1, 0.15) is 16.9 Å². The summed E-state index contributed by atoms with van der Waals surface area (Å²) in [7, 11) is 0. The van der Waals surface area contributed by atoms with Crippen LogP contribution < -0.4 is 5.32 Å². The lowest BCUT2D eigenvalue weighted by molar-refractivity contribution is 0.0951. The van der Waals surface area contributed by atoms with Gasteiger partial charge in [0, 0.05) is 29.3 Å². The molecule has 0 saturated heterocycles. The molecule has 4 nitrogen and oxygen atoms in total. The number of rotatable bonds is 7. The summed E-state index contributed by atoms with van der Waals surface area (Å²) < 4.78 is 0. The summed E-state index contributed by atoms with van der Waals surface area (Å²) in [6, 6.07) is 9.01. The number of benzene rings is 1. The van der Waals surface area contributed by atoms with Crippen molar-refractivity contribution in [3.05, 3.63) is 41.0 Å². The second-order valence-electron chi connectivity index (χ2n) is 4.48. The van der Waals surface area contributed by atoms with Crippen LogP contribution in [0, 0.1) is 0 Å². The van der Waals surface area contributed by atoms with Crippen LogP contribution in [0.25, 0.3) is 10.9 Å². The van der Waals surface area contributed by atoms with Gasteiger partial charge in [0.25, 0.3) is 5.91 Å². The number of pyridine rings is 1. The highest BCUT2D eigenvalue weighted by molar-refractivity contribution is 7.99. The predicted octanol–water partition coefficient (Wildman–Crippen LogP) is 2.73. The topological polar surface area (TPSA) is 62.2 Å². The third kappa shape index (κ3) is 4.88. The minimum absolute atomic E-state index is 0.181. The van der Waals surface area contributed by atoms with Crippen molar-refractivity contribution in [1.82, 2.24) is 10.3 Å². The van der Waals surface area contributed by atoms with E-state index in [4.69, 9.17) is 16.7 Å². The molecule has 0 spiro atoms. The summed E-state index contributed by atoms with van der Waals surface area (Å²) in [6.07, 6.45) is 0.783. The molecule has 21 heavy (non-hydrogen) atoms. The van der Waals surface area contributed by atoms with Crippen LogP contribution in [0.5, 0.6) is 0 Å². The highest BCUT2D eigenvalue weighted by Crippen LogP contribution is 2.17. The Morgan fingerprint density at radius 1 is 1.29 bits per heavy atom. The van der Waals surface area contributed by atoms with Crippen molar-refractivity contribution in [2.75, 3.05) is 24.7 Å². The second kappa shape index (κ2) is 8.22. The van der Waals surface area contributed by atoms with Gasteiger partial charge in [0.05, 0.1) is 5.52 Å². The van der Waals surface area contributed by atoms with Crippen LogP contribution in [0.15, 0.2) is 30.3 Å². The normalized spacial score (nSPS) is 10.8. The molecule has 1 amide bonds. The van der Waals surface area contributed by atoms with Gasteiger partial charge in [-0.05, 0) is 30.4 Å². The lowest BCUT2D eigenvalue weighted by atomic mass is 10.2. The first-order valence-corrected chi connectivity index (χ1v) is 8.27. The molecule has 0 aliphatic heterocycles. The van der Waals surface area contributed by atoms with Gasteiger partial charge >= 0.3 is 0 Å². The monoisotopic (exact) mass is 324 g/mol. The smallest absolute Gasteiger partial charge is 0.269 e. The quantitative estimate of drug-likeness (QED) is 0.769. The van der Waals surface area contributed by atoms with Crippen molar-refractivity contribution < 1.29 is 9.90 Å². The number of carbonyl (C=O) groups excluding carboxylic acids is 1. The Morgan fingerprint density at radius 3 is 2.90 bits per heavy atom. The summed E-state index contributed by atoms with van der Waals surface area (Å²) in [5, 5.41) is 13.1. The SMILES string of the molecule is O=C(NCCSCCCO)c1ccc2ccc(Cl)cc2n1. The zero-order valence-corrected chi connectivity index (χ0v) is 13.1. The number of carbonyl (C=O) groups is 1. The molecule has 1 heterocycles. The number of aliphatic hydroxyl groups is 1. The lowest BCUT2D eigenvalue weighted by Crippen LogP contribution is -2.26. The van der Waals surface area contributed by atoms with E-state index in [1.54, 1.807) is 30.0 Å². The molecule has 2 rings (SSSR count). The van der Waals surface area contributed by atoms with E-state index in [1.807, 2.05) is 12.1 Å². The number of fused-ring (bicyclic) bond motifs is 1.